The molecule has 4 heteroatoms. The minimum atomic E-state index is 0.0866. The van der Waals surface area contributed by atoms with E-state index < -0.39 is 0 Å². The van der Waals surface area contributed by atoms with E-state index in [1.165, 1.54) is 23.4 Å². The molecular formula is C11H21N3S. The molecule has 0 aromatic carbocycles. The summed E-state index contributed by atoms with van der Waals surface area (Å²) in [7, 11) is 0. The molecule has 0 bridgehead atoms. The van der Waals surface area contributed by atoms with Gasteiger partial charge in [0.1, 0.15) is 5.50 Å². The van der Waals surface area contributed by atoms with Crippen molar-refractivity contribution in [3.05, 3.63) is 10.6 Å². The van der Waals surface area contributed by atoms with Gasteiger partial charge in [0.15, 0.2) is 0 Å². The second kappa shape index (κ2) is 4.36. The zero-order chi connectivity index (χ0) is 10.9. The van der Waals surface area contributed by atoms with Crippen LogP contribution in [0, 0.1) is 0 Å². The molecular weight excluding hydrogens is 206 g/mol. The van der Waals surface area contributed by atoms with Gasteiger partial charge in [-0.15, -0.1) is 0 Å². The fourth-order valence-electron chi connectivity index (χ4n) is 2.29. The third-order valence-electron chi connectivity index (χ3n) is 3.20. The molecule has 15 heavy (non-hydrogen) atoms. The van der Waals surface area contributed by atoms with Crippen LogP contribution in [0.4, 0.5) is 0 Å². The zero-order valence-electron chi connectivity index (χ0n) is 9.60. The van der Waals surface area contributed by atoms with Gasteiger partial charge in [0.25, 0.3) is 0 Å². The lowest BCUT2D eigenvalue weighted by molar-refractivity contribution is 0.317. The Labute approximate surface area is 96.3 Å². The van der Waals surface area contributed by atoms with Gasteiger partial charge in [-0.2, -0.15) is 0 Å². The van der Waals surface area contributed by atoms with Crippen molar-refractivity contribution in [2.45, 2.75) is 50.6 Å². The molecule has 2 atom stereocenters. The number of nitrogens with two attached hydrogens (primary N) is 1. The number of hydrogen-bond acceptors (Lipinski definition) is 4. The van der Waals surface area contributed by atoms with Crippen LogP contribution < -0.4 is 16.4 Å². The number of rotatable bonds is 3. The summed E-state index contributed by atoms with van der Waals surface area (Å²) in [6.45, 7) is 5.66. The predicted octanol–water partition coefficient (Wildman–Crippen LogP) is 1.72. The average molecular weight is 227 g/mol. The molecule has 4 N–H and O–H groups in total. The van der Waals surface area contributed by atoms with Gasteiger partial charge < -0.3 is 16.4 Å². The average Bonchev–Trinajstić information content (AvgIpc) is 2.54. The van der Waals surface area contributed by atoms with Gasteiger partial charge >= 0.3 is 0 Å². The lowest BCUT2D eigenvalue weighted by Crippen LogP contribution is -2.44. The molecule has 0 saturated heterocycles. The molecule has 1 heterocycles. The SMILES string of the molecule is CCCN[C@]1(C)CCC2=C(C1)SC(N)N2. The van der Waals surface area contributed by atoms with E-state index in [9.17, 15) is 0 Å². The Kier molecular flexibility index (Phi) is 3.28. The normalized spacial score (nSPS) is 35.3. The van der Waals surface area contributed by atoms with E-state index in [1.54, 1.807) is 11.8 Å². The predicted molar refractivity (Wildman–Crippen MR) is 66.3 cm³/mol. The van der Waals surface area contributed by atoms with Gasteiger partial charge in [0.2, 0.25) is 0 Å². The topological polar surface area (TPSA) is 50.1 Å². The second-order valence-electron chi connectivity index (χ2n) is 4.75. The monoisotopic (exact) mass is 227 g/mol. The fourth-order valence-corrected chi connectivity index (χ4v) is 3.50. The molecule has 0 saturated carbocycles. The van der Waals surface area contributed by atoms with Gasteiger partial charge in [0.05, 0.1) is 0 Å². The summed E-state index contributed by atoms with van der Waals surface area (Å²) in [4.78, 5) is 1.47. The van der Waals surface area contributed by atoms with Gasteiger partial charge in [-0.1, -0.05) is 18.7 Å². The third-order valence-corrected chi connectivity index (χ3v) is 4.25. The Hall–Kier alpha value is -0.190. The van der Waals surface area contributed by atoms with E-state index in [-0.39, 0.29) is 11.0 Å². The van der Waals surface area contributed by atoms with Crippen molar-refractivity contribution in [1.29, 1.82) is 0 Å². The molecule has 1 aliphatic carbocycles. The Morgan fingerprint density at radius 2 is 2.47 bits per heavy atom. The molecule has 0 aromatic rings. The third kappa shape index (κ3) is 2.49. The number of thioether (sulfide) groups is 1. The first-order valence-electron chi connectivity index (χ1n) is 5.79. The molecule has 2 aliphatic rings. The maximum Gasteiger partial charge on any atom is 0.127 e. The summed E-state index contributed by atoms with van der Waals surface area (Å²) in [5.41, 5.74) is 7.64. The van der Waals surface area contributed by atoms with Gasteiger partial charge in [-0.3, -0.25) is 0 Å². The summed E-state index contributed by atoms with van der Waals surface area (Å²) in [5, 5.41) is 7.00. The number of allylic oxidation sites excluding steroid dienone is 1. The summed E-state index contributed by atoms with van der Waals surface area (Å²) >= 11 is 1.79. The second-order valence-corrected chi connectivity index (χ2v) is 5.99. The first-order chi connectivity index (χ1) is 7.13. The van der Waals surface area contributed by atoms with Crippen molar-refractivity contribution in [2.75, 3.05) is 6.54 Å². The van der Waals surface area contributed by atoms with E-state index in [0.717, 1.165) is 19.4 Å². The van der Waals surface area contributed by atoms with Gasteiger partial charge in [-0.25, -0.2) is 0 Å². The van der Waals surface area contributed by atoms with Crippen LogP contribution >= 0.6 is 11.8 Å². The van der Waals surface area contributed by atoms with Crippen molar-refractivity contribution in [3.8, 4) is 0 Å². The van der Waals surface area contributed by atoms with Gasteiger partial charge in [-0.05, 0) is 39.2 Å². The van der Waals surface area contributed by atoms with Crippen molar-refractivity contribution in [2.24, 2.45) is 5.73 Å². The quantitative estimate of drug-likeness (QED) is 0.687. The van der Waals surface area contributed by atoms with E-state index in [0.29, 0.717) is 0 Å². The largest absolute Gasteiger partial charge is 0.364 e. The van der Waals surface area contributed by atoms with Crippen molar-refractivity contribution < 1.29 is 0 Å². The van der Waals surface area contributed by atoms with E-state index in [1.807, 2.05) is 0 Å². The lowest BCUT2D eigenvalue weighted by Gasteiger charge is -2.35. The molecule has 3 nitrogen and oxygen atoms in total. The minimum absolute atomic E-state index is 0.0866. The molecule has 2 rings (SSSR count). The summed E-state index contributed by atoms with van der Waals surface area (Å²) in [6.07, 6.45) is 4.69. The molecule has 0 spiro atoms. The molecule has 1 unspecified atom stereocenters. The number of hydrogen-bond donors (Lipinski definition) is 3. The molecule has 0 radical (unpaired) electrons. The Balaban J connectivity index is 1.98. The van der Waals surface area contributed by atoms with Crippen molar-refractivity contribution in [1.82, 2.24) is 10.6 Å². The van der Waals surface area contributed by atoms with Crippen LogP contribution in [-0.2, 0) is 0 Å². The van der Waals surface area contributed by atoms with Crippen LogP contribution in [0.2, 0.25) is 0 Å². The number of nitrogens with one attached hydrogen (secondary N) is 2. The lowest BCUT2D eigenvalue weighted by atomic mass is 9.86. The molecule has 0 aromatic heterocycles. The van der Waals surface area contributed by atoms with Gasteiger partial charge in [0, 0.05) is 16.1 Å². The highest BCUT2D eigenvalue weighted by Crippen LogP contribution is 2.41. The van der Waals surface area contributed by atoms with Crippen LogP contribution in [0.3, 0.4) is 0 Å². The summed E-state index contributed by atoms with van der Waals surface area (Å²) < 4.78 is 0. The van der Waals surface area contributed by atoms with Crippen molar-refractivity contribution >= 4 is 11.8 Å². The smallest absolute Gasteiger partial charge is 0.127 e. The Morgan fingerprint density at radius 3 is 3.20 bits per heavy atom. The van der Waals surface area contributed by atoms with Crippen LogP contribution in [-0.4, -0.2) is 17.6 Å². The first-order valence-corrected chi connectivity index (χ1v) is 6.67. The highest BCUT2D eigenvalue weighted by Gasteiger charge is 2.34. The van der Waals surface area contributed by atoms with E-state index in [2.05, 4.69) is 24.5 Å². The maximum absolute atomic E-state index is 5.87. The molecule has 86 valence electrons. The standard InChI is InChI=1S/C11H21N3S/c1-3-6-13-11(2)5-4-8-9(7-11)15-10(12)14-8/h10,13-14H,3-7,12H2,1-2H3/t10?,11-/m1/s1. The van der Waals surface area contributed by atoms with Crippen LogP contribution in [0.5, 0.6) is 0 Å². The van der Waals surface area contributed by atoms with Crippen LogP contribution in [0.25, 0.3) is 0 Å². The van der Waals surface area contributed by atoms with E-state index in [4.69, 9.17) is 5.73 Å². The van der Waals surface area contributed by atoms with Crippen LogP contribution in [0.15, 0.2) is 10.6 Å². The molecule has 0 amide bonds. The fraction of sp³-hybridized carbons (Fsp3) is 0.818. The molecule has 1 aliphatic heterocycles. The Bertz CT molecular complexity index is 277. The molecule has 0 fully saturated rings. The van der Waals surface area contributed by atoms with Crippen molar-refractivity contribution in [3.63, 3.8) is 0 Å². The highest BCUT2D eigenvalue weighted by atomic mass is 32.2. The summed E-state index contributed by atoms with van der Waals surface area (Å²) in [6, 6.07) is 0. The minimum Gasteiger partial charge on any atom is -0.364 e. The highest BCUT2D eigenvalue weighted by molar-refractivity contribution is 8.03. The Morgan fingerprint density at radius 1 is 1.67 bits per heavy atom. The van der Waals surface area contributed by atoms with Crippen LogP contribution in [0.1, 0.15) is 39.5 Å². The zero-order valence-corrected chi connectivity index (χ0v) is 10.4. The van der Waals surface area contributed by atoms with E-state index >= 15 is 0 Å². The summed E-state index contributed by atoms with van der Waals surface area (Å²) in [5.74, 6) is 0. The maximum atomic E-state index is 5.87. The first kappa shape index (κ1) is 11.3.